The summed E-state index contributed by atoms with van der Waals surface area (Å²) in [4.78, 5) is 25.3. The van der Waals surface area contributed by atoms with Crippen LogP contribution in [0.2, 0.25) is 0 Å². The summed E-state index contributed by atoms with van der Waals surface area (Å²) in [5.74, 6) is -0.245. The average Bonchev–Trinajstić information content (AvgIpc) is 2.43. The van der Waals surface area contributed by atoms with Gasteiger partial charge in [-0.2, -0.15) is 5.26 Å². The van der Waals surface area contributed by atoms with Crippen molar-refractivity contribution in [3.05, 3.63) is 28.7 Å². The predicted octanol–water partition coefficient (Wildman–Crippen LogP) is -0.181. The fourth-order valence-electron chi connectivity index (χ4n) is 1.67. The number of pyridine rings is 1. The molecular formula is C13H18N4O3. The number of hydrogen-bond donors (Lipinski definition) is 1. The van der Waals surface area contributed by atoms with Crippen LogP contribution in [0.25, 0.3) is 0 Å². The topological polar surface area (TPSA) is 101 Å². The number of nitriles is 1. The average molecular weight is 278 g/mol. The Labute approximate surface area is 117 Å². The Balaban J connectivity index is 2.76. The third-order valence-corrected chi connectivity index (χ3v) is 2.72. The van der Waals surface area contributed by atoms with Crippen LogP contribution in [0.5, 0.6) is 0 Å². The lowest BCUT2D eigenvalue weighted by molar-refractivity contribution is -0.132. The molecule has 0 bridgehead atoms. The minimum absolute atomic E-state index is 0.0982. The first-order chi connectivity index (χ1) is 9.58. The number of carbonyl (C=O) groups excluding carboxylic acids is 1. The molecule has 1 rings (SSSR count). The molecule has 1 heterocycles. The lowest BCUT2D eigenvalue weighted by atomic mass is 10.3. The molecule has 0 radical (unpaired) electrons. The fourth-order valence-corrected chi connectivity index (χ4v) is 1.67. The van der Waals surface area contributed by atoms with E-state index < -0.39 is 0 Å². The standard InChI is InChI=1S/C13H18N4O3/c1-20-8-7-16(6-2-5-14)13(19)10-17-9-11(15)3-4-12(17)18/h3-4,9H,2,6-8,10,15H2,1H3. The highest BCUT2D eigenvalue weighted by Crippen LogP contribution is 1.99. The summed E-state index contributed by atoms with van der Waals surface area (Å²) in [7, 11) is 1.54. The summed E-state index contributed by atoms with van der Waals surface area (Å²) in [5.41, 5.74) is 5.71. The van der Waals surface area contributed by atoms with E-state index in [2.05, 4.69) is 0 Å². The van der Waals surface area contributed by atoms with Crippen molar-refractivity contribution in [1.82, 2.24) is 9.47 Å². The van der Waals surface area contributed by atoms with E-state index in [1.54, 1.807) is 0 Å². The zero-order valence-corrected chi connectivity index (χ0v) is 11.4. The van der Waals surface area contributed by atoms with Crippen LogP contribution >= 0.6 is 0 Å². The van der Waals surface area contributed by atoms with Gasteiger partial charge in [0.25, 0.3) is 5.56 Å². The van der Waals surface area contributed by atoms with Crippen LogP contribution in [0.3, 0.4) is 0 Å². The highest BCUT2D eigenvalue weighted by atomic mass is 16.5. The molecule has 2 N–H and O–H groups in total. The molecule has 0 fully saturated rings. The van der Waals surface area contributed by atoms with Gasteiger partial charge in [-0.25, -0.2) is 0 Å². The highest BCUT2D eigenvalue weighted by Gasteiger charge is 2.14. The number of nitrogens with two attached hydrogens (primary N) is 1. The van der Waals surface area contributed by atoms with Crippen molar-refractivity contribution in [3.8, 4) is 6.07 Å². The van der Waals surface area contributed by atoms with Crippen LogP contribution in [0.4, 0.5) is 5.69 Å². The molecule has 0 aliphatic heterocycles. The monoisotopic (exact) mass is 278 g/mol. The van der Waals surface area contributed by atoms with Gasteiger partial charge in [-0.05, 0) is 6.07 Å². The number of rotatable bonds is 7. The number of ether oxygens (including phenoxy) is 1. The van der Waals surface area contributed by atoms with Crippen LogP contribution < -0.4 is 11.3 Å². The van der Waals surface area contributed by atoms with Crippen molar-refractivity contribution in [2.75, 3.05) is 32.5 Å². The molecule has 7 heteroatoms. The molecule has 20 heavy (non-hydrogen) atoms. The largest absolute Gasteiger partial charge is 0.398 e. The Morgan fingerprint density at radius 1 is 1.50 bits per heavy atom. The summed E-state index contributed by atoms with van der Waals surface area (Å²) in [6.45, 7) is 0.978. The van der Waals surface area contributed by atoms with Crippen LogP contribution in [-0.4, -0.2) is 42.2 Å². The maximum atomic E-state index is 12.1. The Kier molecular flexibility index (Phi) is 6.26. The molecule has 7 nitrogen and oxygen atoms in total. The van der Waals surface area contributed by atoms with Gasteiger partial charge in [0.1, 0.15) is 6.54 Å². The lowest BCUT2D eigenvalue weighted by Crippen LogP contribution is -2.38. The van der Waals surface area contributed by atoms with Gasteiger partial charge >= 0.3 is 0 Å². The first-order valence-electron chi connectivity index (χ1n) is 6.18. The molecule has 0 unspecified atom stereocenters. The molecule has 108 valence electrons. The van der Waals surface area contributed by atoms with E-state index in [9.17, 15) is 9.59 Å². The summed E-state index contributed by atoms with van der Waals surface area (Å²) >= 11 is 0. The number of nitrogens with zero attached hydrogens (tertiary/aromatic N) is 3. The third-order valence-electron chi connectivity index (χ3n) is 2.72. The van der Waals surface area contributed by atoms with Gasteiger partial charge < -0.3 is 19.9 Å². The molecule has 1 amide bonds. The molecule has 0 aromatic carbocycles. The second-order valence-corrected chi connectivity index (χ2v) is 4.21. The number of amides is 1. The van der Waals surface area contributed by atoms with Crippen LogP contribution in [0, 0.1) is 11.3 Å². The van der Waals surface area contributed by atoms with Crippen molar-refractivity contribution in [1.29, 1.82) is 5.26 Å². The maximum absolute atomic E-state index is 12.1. The lowest BCUT2D eigenvalue weighted by Gasteiger charge is -2.21. The minimum atomic E-state index is -0.292. The fraction of sp³-hybridized carbons (Fsp3) is 0.462. The number of methoxy groups -OCH3 is 1. The Morgan fingerprint density at radius 2 is 2.25 bits per heavy atom. The first kappa shape index (κ1) is 15.7. The zero-order chi connectivity index (χ0) is 15.0. The summed E-state index contributed by atoms with van der Waals surface area (Å²) < 4.78 is 6.18. The third kappa shape index (κ3) is 4.74. The molecule has 0 aliphatic rings. The van der Waals surface area contributed by atoms with Gasteiger partial charge in [0.05, 0.1) is 19.1 Å². The maximum Gasteiger partial charge on any atom is 0.251 e. The van der Waals surface area contributed by atoms with E-state index in [0.717, 1.165) is 0 Å². The molecule has 0 atom stereocenters. The van der Waals surface area contributed by atoms with Crippen molar-refractivity contribution in [2.24, 2.45) is 0 Å². The second-order valence-electron chi connectivity index (χ2n) is 4.21. The van der Waals surface area contributed by atoms with Gasteiger partial charge in [-0.15, -0.1) is 0 Å². The van der Waals surface area contributed by atoms with Gasteiger partial charge in [-0.1, -0.05) is 0 Å². The van der Waals surface area contributed by atoms with Crippen molar-refractivity contribution in [2.45, 2.75) is 13.0 Å². The van der Waals surface area contributed by atoms with E-state index >= 15 is 0 Å². The Bertz CT molecular complexity index is 547. The van der Waals surface area contributed by atoms with Gasteiger partial charge in [0.15, 0.2) is 0 Å². The van der Waals surface area contributed by atoms with Crippen LogP contribution in [0.15, 0.2) is 23.1 Å². The number of hydrogen-bond acceptors (Lipinski definition) is 5. The number of carbonyl (C=O) groups is 1. The van der Waals surface area contributed by atoms with E-state index in [0.29, 0.717) is 25.4 Å². The highest BCUT2D eigenvalue weighted by molar-refractivity contribution is 5.76. The molecule has 0 saturated heterocycles. The number of nitrogen functional groups attached to an aromatic ring is 1. The molecule has 0 spiro atoms. The minimum Gasteiger partial charge on any atom is -0.398 e. The Hall–Kier alpha value is -2.33. The van der Waals surface area contributed by atoms with E-state index in [1.165, 1.54) is 34.9 Å². The predicted molar refractivity (Wildman–Crippen MR) is 73.8 cm³/mol. The Morgan fingerprint density at radius 3 is 2.90 bits per heavy atom. The first-order valence-corrected chi connectivity index (χ1v) is 6.18. The SMILES string of the molecule is COCCN(CCC#N)C(=O)Cn1cc(N)ccc1=O. The van der Waals surface area contributed by atoms with E-state index in [-0.39, 0.29) is 24.4 Å². The molecule has 1 aromatic heterocycles. The quantitative estimate of drug-likeness (QED) is 0.745. The van der Waals surface area contributed by atoms with Crippen molar-refractivity contribution >= 4 is 11.6 Å². The van der Waals surface area contributed by atoms with Crippen LogP contribution in [0.1, 0.15) is 6.42 Å². The second kappa shape index (κ2) is 7.96. The molecule has 1 aromatic rings. The normalized spacial score (nSPS) is 10.0. The van der Waals surface area contributed by atoms with E-state index in [4.69, 9.17) is 15.7 Å². The van der Waals surface area contributed by atoms with Crippen molar-refractivity contribution < 1.29 is 9.53 Å². The van der Waals surface area contributed by atoms with Crippen molar-refractivity contribution in [3.63, 3.8) is 0 Å². The van der Waals surface area contributed by atoms with Gasteiger partial charge in [0, 0.05) is 38.1 Å². The summed E-state index contributed by atoms with van der Waals surface area (Å²) in [6, 6.07) is 4.80. The van der Waals surface area contributed by atoms with E-state index in [1.807, 2.05) is 6.07 Å². The zero-order valence-electron chi connectivity index (χ0n) is 11.4. The van der Waals surface area contributed by atoms with Gasteiger partial charge in [0.2, 0.25) is 5.91 Å². The summed E-state index contributed by atoms with van der Waals surface area (Å²) in [6.07, 6.45) is 1.67. The van der Waals surface area contributed by atoms with Crippen LogP contribution in [-0.2, 0) is 16.1 Å². The smallest absolute Gasteiger partial charge is 0.251 e. The molecule has 0 saturated carbocycles. The number of aromatic nitrogens is 1. The van der Waals surface area contributed by atoms with Gasteiger partial charge in [-0.3, -0.25) is 9.59 Å². The molecular weight excluding hydrogens is 260 g/mol. The summed E-state index contributed by atoms with van der Waals surface area (Å²) in [5, 5.41) is 8.60. The molecule has 0 aliphatic carbocycles. The number of anilines is 1.